The number of hydrogen-bond acceptors (Lipinski definition) is 6. The van der Waals surface area contributed by atoms with Crippen LogP contribution in [0.15, 0.2) is 29.2 Å². The van der Waals surface area contributed by atoms with Crippen LogP contribution in [0.25, 0.3) is 0 Å². The number of urea groups is 1. The summed E-state index contributed by atoms with van der Waals surface area (Å²) >= 11 is 0. The number of benzene rings is 1. The molecule has 30 heavy (non-hydrogen) atoms. The standard InChI is InChI=1S/C17H21F3N4O5S/c18-17(19,20)29-13-3-5-14(6-4-13)30(27,28)24-9-7-23(8-10-24)11-15(25)22-16(26)21-12-1-2-12/h3-6,12H,1-2,7-11H2,(H2,21,22,25,26). The average molecular weight is 450 g/mol. The smallest absolute Gasteiger partial charge is 0.406 e. The van der Waals surface area contributed by atoms with Crippen molar-refractivity contribution in [3.05, 3.63) is 24.3 Å². The lowest BCUT2D eigenvalue weighted by Gasteiger charge is -2.33. The predicted octanol–water partition coefficient (Wildman–Crippen LogP) is 0.880. The van der Waals surface area contributed by atoms with Gasteiger partial charge < -0.3 is 10.1 Å². The van der Waals surface area contributed by atoms with Crippen LogP contribution in [-0.2, 0) is 14.8 Å². The number of nitrogens with one attached hydrogen (secondary N) is 2. The molecule has 3 rings (SSSR count). The van der Waals surface area contributed by atoms with Crippen molar-refractivity contribution < 1.29 is 35.9 Å². The zero-order valence-corrected chi connectivity index (χ0v) is 16.6. The summed E-state index contributed by atoms with van der Waals surface area (Å²) in [7, 11) is -3.89. The number of piperazine rings is 1. The Hall–Kier alpha value is -2.38. The monoisotopic (exact) mass is 450 g/mol. The lowest BCUT2D eigenvalue weighted by Crippen LogP contribution is -2.52. The third kappa shape index (κ3) is 6.31. The molecule has 166 valence electrons. The molecule has 1 aromatic carbocycles. The fraction of sp³-hybridized carbons (Fsp3) is 0.529. The Morgan fingerprint density at radius 1 is 1.07 bits per heavy atom. The molecule has 2 N–H and O–H groups in total. The van der Waals surface area contributed by atoms with Crippen molar-refractivity contribution in [2.45, 2.75) is 30.1 Å². The second-order valence-electron chi connectivity index (χ2n) is 7.00. The van der Waals surface area contributed by atoms with Crippen molar-refractivity contribution in [3.8, 4) is 5.75 Å². The van der Waals surface area contributed by atoms with Gasteiger partial charge >= 0.3 is 12.4 Å². The molecule has 0 unspecified atom stereocenters. The minimum atomic E-state index is -4.86. The first kappa shape index (κ1) is 22.3. The summed E-state index contributed by atoms with van der Waals surface area (Å²) in [5.74, 6) is -0.993. The van der Waals surface area contributed by atoms with Crippen LogP contribution in [0.5, 0.6) is 5.75 Å². The van der Waals surface area contributed by atoms with Crippen LogP contribution in [0.4, 0.5) is 18.0 Å². The molecule has 0 spiro atoms. The highest BCUT2D eigenvalue weighted by molar-refractivity contribution is 7.89. The molecule has 13 heteroatoms. The molecule has 1 aromatic rings. The molecule has 9 nitrogen and oxygen atoms in total. The van der Waals surface area contributed by atoms with Gasteiger partial charge in [0.15, 0.2) is 0 Å². The number of hydrogen-bond donors (Lipinski definition) is 2. The van der Waals surface area contributed by atoms with Crippen LogP contribution < -0.4 is 15.4 Å². The number of nitrogens with zero attached hydrogens (tertiary/aromatic N) is 2. The summed E-state index contributed by atoms with van der Waals surface area (Å²) in [6, 6.07) is 3.56. The van der Waals surface area contributed by atoms with E-state index in [4.69, 9.17) is 0 Å². The maximum absolute atomic E-state index is 12.7. The molecule has 2 fully saturated rings. The van der Waals surface area contributed by atoms with Crippen molar-refractivity contribution in [1.82, 2.24) is 19.8 Å². The van der Waals surface area contributed by atoms with Gasteiger partial charge in [0.05, 0.1) is 11.4 Å². The van der Waals surface area contributed by atoms with Gasteiger partial charge in [-0.3, -0.25) is 15.0 Å². The number of sulfonamides is 1. The van der Waals surface area contributed by atoms with Gasteiger partial charge in [0.25, 0.3) is 0 Å². The number of ether oxygens (including phenoxy) is 1. The van der Waals surface area contributed by atoms with Gasteiger partial charge in [-0.2, -0.15) is 4.31 Å². The van der Waals surface area contributed by atoms with E-state index in [2.05, 4.69) is 15.4 Å². The highest BCUT2D eigenvalue weighted by Gasteiger charge is 2.32. The molecule has 0 radical (unpaired) electrons. The molecule has 3 amide bonds. The second kappa shape index (κ2) is 8.78. The minimum absolute atomic E-state index is 0.0462. The number of carbonyl (C=O) groups is 2. The molecule has 1 saturated carbocycles. The Balaban J connectivity index is 1.49. The molecule has 1 aliphatic carbocycles. The van der Waals surface area contributed by atoms with E-state index < -0.39 is 34.1 Å². The molecule has 1 aliphatic heterocycles. The van der Waals surface area contributed by atoms with Crippen LogP contribution in [0.1, 0.15) is 12.8 Å². The van der Waals surface area contributed by atoms with Crippen molar-refractivity contribution >= 4 is 22.0 Å². The van der Waals surface area contributed by atoms with E-state index in [1.807, 2.05) is 0 Å². The Morgan fingerprint density at radius 2 is 1.67 bits per heavy atom. The van der Waals surface area contributed by atoms with E-state index in [1.165, 1.54) is 4.31 Å². The van der Waals surface area contributed by atoms with Gasteiger partial charge in [-0.1, -0.05) is 0 Å². The summed E-state index contributed by atoms with van der Waals surface area (Å²) in [5, 5.41) is 4.87. The molecule has 0 atom stereocenters. The molecule has 1 saturated heterocycles. The van der Waals surface area contributed by atoms with Gasteiger partial charge in [-0.05, 0) is 37.1 Å². The highest BCUT2D eigenvalue weighted by Crippen LogP contribution is 2.25. The molecule has 2 aliphatic rings. The molecule has 0 bridgehead atoms. The number of rotatable bonds is 6. The molecular weight excluding hydrogens is 429 g/mol. The number of imide groups is 1. The Labute approximate surface area is 171 Å². The topological polar surface area (TPSA) is 108 Å². The largest absolute Gasteiger partial charge is 0.573 e. The van der Waals surface area contributed by atoms with Crippen LogP contribution in [-0.4, -0.2) is 74.7 Å². The van der Waals surface area contributed by atoms with Gasteiger partial charge in [0.2, 0.25) is 15.9 Å². The minimum Gasteiger partial charge on any atom is -0.406 e. The average Bonchev–Trinajstić information content (AvgIpc) is 3.45. The zero-order valence-electron chi connectivity index (χ0n) is 15.8. The van der Waals surface area contributed by atoms with E-state index in [9.17, 15) is 31.2 Å². The Bertz CT molecular complexity index is 880. The third-order valence-electron chi connectivity index (χ3n) is 4.56. The van der Waals surface area contributed by atoms with Gasteiger partial charge in [-0.15, -0.1) is 13.2 Å². The van der Waals surface area contributed by atoms with Crippen LogP contribution >= 0.6 is 0 Å². The predicted molar refractivity (Wildman–Crippen MR) is 98.0 cm³/mol. The second-order valence-corrected chi connectivity index (χ2v) is 8.93. The summed E-state index contributed by atoms with van der Waals surface area (Å²) in [5.41, 5.74) is 0. The Morgan fingerprint density at radius 3 is 2.20 bits per heavy atom. The maximum Gasteiger partial charge on any atom is 0.573 e. The summed E-state index contributed by atoms with van der Waals surface area (Å²) in [4.78, 5) is 25.0. The normalized spacial score (nSPS) is 18.6. The van der Waals surface area contributed by atoms with E-state index in [0.717, 1.165) is 37.1 Å². The highest BCUT2D eigenvalue weighted by atomic mass is 32.2. The molecule has 0 aromatic heterocycles. The number of amides is 3. The first-order valence-corrected chi connectivity index (χ1v) is 10.7. The van der Waals surface area contributed by atoms with Crippen molar-refractivity contribution in [1.29, 1.82) is 0 Å². The number of alkyl halides is 3. The molecule has 1 heterocycles. The van der Waals surface area contributed by atoms with Crippen LogP contribution in [0.3, 0.4) is 0 Å². The van der Waals surface area contributed by atoms with Crippen molar-refractivity contribution in [2.24, 2.45) is 0 Å². The maximum atomic E-state index is 12.7. The number of carbonyl (C=O) groups excluding carboxylic acids is 2. The van der Waals surface area contributed by atoms with E-state index in [-0.39, 0.29) is 43.7 Å². The Kier molecular flexibility index (Phi) is 6.53. The lowest BCUT2D eigenvalue weighted by atomic mass is 10.3. The summed E-state index contributed by atoms with van der Waals surface area (Å²) in [6.07, 6.45) is -3.06. The van der Waals surface area contributed by atoms with Gasteiger partial charge in [0, 0.05) is 32.2 Å². The van der Waals surface area contributed by atoms with E-state index in [1.54, 1.807) is 4.90 Å². The van der Waals surface area contributed by atoms with Gasteiger partial charge in [-0.25, -0.2) is 13.2 Å². The number of halogens is 3. The van der Waals surface area contributed by atoms with E-state index in [0.29, 0.717) is 0 Å². The van der Waals surface area contributed by atoms with Crippen LogP contribution in [0.2, 0.25) is 0 Å². The SMILES string of the molecule is O=C(CN1CCN(S(=O)(=O)c2ccc(OC(F)(F)F)cc2)CC1)NC(=O)NC1CC1. The van der Waals surface area contributed by atoms with Crippen molar-refractivity contribution in [3.63, 3.8) is 0 Å². The fourth-order valence-electron chi connectivity index (χ4n) is 2.91. The van der Waals surface area contributed by atoms with E-state index >= 15 is 0 Å². The van der Waals surface area contributed by atoms with Gasteiger partial charge in [0.1, 0.15) is 5.75 Å². The van der Waals surface area contributed by atoms with Crippen LogP contribution in [0, 0.1) is 0 Å². The zero-order chi connectivity index (χ0) is 21.9. The first-order valence-electron chi connectivity index (χ1n) is 9.21. The lowest BCUT2D eigenvalue weighted by molar-refractivity contribution is -0.274. The van der Waals surface area contributed by atoms with Crippen molar-refractivity contribution in [2.75, 3.05) is 32.7 Å². The summed E-state index contributed by atoms with van der Waals surface area (Å²) < 4.78 is 66.9. The quantitative estimate of drug-likeness (QED) is 0.666. The first-order chi connectivity index (χ1) is 14.0. The summed E-state index contributed by atoms with van der Waals surface area (Å²) in [6.45, 7) is 0.698. The fourth-order valence-corrected chi connectivity index (χ4v) is 4.33. The molecular formula is C17H21F3N4O5S. The third-order valence-corrected chi connectivity index (χ3v) is 6.47.